The quantitative estimate of drug-likeness (QED) is 0.327. The Bertz CT molecular complexity index is 129. The standard InChI is InChI=1S/C3H8N4O/c4-2-1-3(5,6)8-7-2/h1,5-6H2,(H2,4,7). The number of amidine groups is 1. The predicted molar refractivity (Wildman–Crippen MR) is 28.4 cm³/mol. The van der Waals surface area contributed by atoms with E-state index in [-0.39, 0.29) is 0 Å². The van der Waals surface area contributed by atoms with E-state index in [2.05, 4.69) is 9.99 Å². The highest BCUT2D eigenvalue weighted by Crippen LogP contribution is 2.07. The summed E-state index contributed by atoms with van der Waals surface area (Å²) < 4.78 is 0. The zero-order valence-corrected chi connectivity index (χ0v) is 4.29. The Kier molecular flexibility index (Phi) is 0.887. The van der Waals surface area contributed by atoms with Crippen LogP contribution in [0.1, 0.15) is 6.42 Å². The maximum Gasteiger partial charge on any atom is 0.245 e. The first-order valence-corrected chi connectivity index (χ1v) is 2.18. The van der Waals surface area contributed by atoms with Crippen LogP contribution in [0.3, 0.4) is 0 Å². The molecule has 6 N–H and O–H groups in total. The van der Waals surface area contributed by atoms with Crippen LogP contribution >= 0.6 is 0 Å². The van der Waals surface area contributed by atoms with Crippen LogP contribution in [0, 0.1) is 0 Å². The van der Waals surface area contributed by atoms with Crippen molar-refractivity contribution in [2.45, 2.75) is 12.3 Å². The molecule has 0 aromatic rings. The molecule has 0 saturated heterocycles. The van der Waals surface area contributed by atoms with Crippen molar-refractivity contribution in [3.63, 3.8) is 0 Å². The van der Waals surface area contributed by atoms with Crippen molar-refractivity contribution in [2.75, 3.05) is 0 Å². The summed E-state index contributed by atoms with van der Waals surface area (Å²) in [7, 11) is 0. The molecule has 1 rings (SSSR count). The fraction of sp³-hybridized carbons (Fsp3) is 0.667. The van der Waals surface area contributed by atoms with E-state index in [0.29, 0.717) is 12.3 Å². The molecule has 1 heterocycles. The summed E-state index contributed by atoms with van der Waals surface area (Å²) in [5.41, 5.74) is 15.6. The van der Waals surface area contributed by atoms with Gasteiger partial charge in [0.1, 0.15) is 5.84 Å². The molecule has 0 atom stereocenters. The van der Waals surface area contributed by atoms with Gasteiger partial charge in [-0.15, -0.1) is 0 Å². The Morgan fingerprint density at radius 2 is 2.25 bits per heavy atom. The first-order valence-electron chi connectivity index (χ1n) is 2.18. The maximum atomic E-state index is 5.23. The van der Waals surface area contributed by atoms with Gasteiger partial charge in [-0.3, -0.25) is 11.5 Å². The summed E-state index contributed by atoms with van der Waals surface area (Å²) in [6.07, 6.45) is 0.299. The zero-order chi connectivity index (χ0) is 6.20. The summed E-state index contributed by atoms with van der Waals surface area (Å²) in [4.78, 5) is 4.47. The molecule has 0 unspecified atom stereocenters. The van der Waals surface area contributed by atoms with E-state index in [9.17, 15) is 0 Å². The molecule has 0 bridgehead atoms. The molecule has 0 amide bonds. The van der Waals surface area contributed by atoms with E-state index in [1.807, 2.05) is 0 Å². The molecular formula is C3H8N4O. The van der Waals surface area contributed by atoms with Gasteiger partial charge in [0, 0.05) is 0 Å². The molecule has 0 aromatic carbocycles. The number of nitrogens with zero attached hydrogens (tertiary/aromatic N) is 1. The first kappa shape index (κ1) is 5.33. The minimum absolute atomic E-state index is 0.299. The summed E-state index contributed by atoms with van der Waals surface area (Å²) >= 11 is 0. The lowest BCUT2D eigenvalue weighted by atomic mass is 10.3. The molecule has 0 radical (unpaired) electrons. The maximum absolute atomic E-state index is 5.23. The minimum atomic E-state index is -1.16. The highest BCUT2D eigenvalue weighted by atomic mass is 16.7. The topological polar surface area (TPSA) is 99.6 Å². The van der Waals surface area contributed by atoms with Crippen molar-refractivity contribution in [1.82, 2.24) is 0 Å². The van der Waals surface area contributed by atoms with Crippen molar-refractivity contribution < 1.29 is 4.84 Å². The van der Waals surface area contributed by atoms with Gasteiger partial charge in [-0.1, -0.05) is 5.16 Å². The van der Waals surface area contributed by atoms with Gasteiger partial charge in [0.2, 0.25) is 5.85 Å². The van der Waals surface area contributed by atoms with E-state index >= 15 is 0 Å². The smallest absolute Gasteiger partial charge is 0.245 e. The van der Waals surface area contributed by atoms with Crippen LogP contribution in [-0.4, -0.2) is 11.7 Å². The van der Waals surface area contributed by atoms with E-state index < -0.39 is 5.85 Å². The van der Waals surface area contributed by atoms with Crippen molar-refractivity contribution in [3.05, 3.63) is 0 Å². The van der Waals surface area contributed by atoms with Gasteiger partial charge in [-0.2, -0.15) is 0 Å². The summed E-state index contributed by atoms with van der Waals surface area (Å²) in [6, 6.07) is 0. The fourth-order valence-corrected chi connectivity index (χ4v) is 0.491. The van der Waals surface area contributed by atoms with Crippen LogP contribution in [0.25, 0.3) is 0 Å². The predicted octanol–water partition coefficient (Wildman–Crippen LogP) is -1.75. The van der Waals surface area contributed by atoms with Crippen LogP contribution in [0.2, 0.25) is 0 Å². The average molecular weight is 116 g/mol. The van der Waals surface area contributed by atoms with Crippen LogP contribution in [-0.2, 0) is 4.84 Å². The second-order valence-corrected chi connectivity index (χ2v) is 1.81. The molecular weight excluding hydrogens is 108 g/mol. The van der Waals surface area contributed by atoms with E-state index in [0.717, 1.165) is 0 Å². The molecule has 46 valence electrons. The Morgan fingerprint density at radius 1 is 1.62 bits per heavy atom. The van der Waals surface area contributed by atoms with Crippen molar-refractivity contribution >= 4 is 5.84 Å². The average Bonchev–Trinajstić information content (AvgIpc) is 1.82. The molecule has 1 aliphatic rings. The Hall–Kier alpha value is -0.810. The van der Waals surface area contributed by atoms with Gasteiger partial charge in [0.25, 0.3) is 0 Å². The molecule has 0 aliphatic carbocycles. The fourth-order valence-electron chi connectivity index (χ4n) is 0.491. The van der Waals surface area contributed by atoms with Gasteiger partial charge in [-0.25, -0.2) is 0 Å². The molecule has 0 fully saturated rings. The van der Waals surface area contributed by atoms with Crippen molar-refractivity contribution in [2.24, 2.45) is 22.4 Å². The lowest BCUT2D eigenvalue weighted by Crippen LogP contribution is -2.49. The lowest BCUT2D eigenvalue weighted by molar-refractivity contribution is -0.00830. The van der Waals surface area contributed by atoms with Crippen LogP contribution in [0.5, 0.6) is 0 Å². The van der Waals surface area contributed by atoms with E-state index in [4.69, 9.17) is 17.2 Å². The second kappa shape index (κ2) is 1.33. The molecule has 0 aromatic heterocycles. The van der Waals surface area contributed by atoms with Crippen molar-refractivity contribution in [3.8, 4) is 0 Å². The zero-order valence-electron chi connectivity index (χ0n) is 4.29. The lowest BCUT2D eigenvalue weighted by Gasteiger charge is -2.12. The summed E-state index contributed by atoms with van der Waals surface area (Å²) in [5.74, 6) is -0.820. The van der Waals surface area contributed by atoms with Gasteiger partial charge in [0.05, 0.1) is 6.42 Å². The Morgan fingerprint density at radius 3 is 2.38 bits per heavy atom. The SMILES string of the molecule is NC1=NOC(N)(N)C1. The summed E-state index contributed by atoms with van der Waals surface area (Å²) in [6.45, 7) is 0. The van der Waals surface area contributed by atoms with Gasteiger partial charge in [-0.05, 0) is 0 Å². The molecule has 8 heavy (non-hydrogen) atoms. The first-order chi connectivity index (χ1) is 3.60. The largest absolute Gasteiger partial charge is 0.384 e. The third-order valence-corrected chi connectivity index (χ3v) is 0.790. The monoisotopic (exact) mass is 116 g/mol. The number of hydrogen-bond acceptors (Lipinski definition) is 5. The third-order valence-electron chi connectivity index (χ3n) is 0.790. The highest BCUT2D eigenvalue weighted by molar-refractivity contribution is 5.81. The Labute approximate surface area is 46.4 Å². The van der Waals surface area contributed by atoms with Gasteiger partial charge in [0.15, 0.2) is 0 Å². The normalized spacial score (nSPS) is 24.5. The van der Waals surface area contributed by atoms with Gasteiger partial charge >= 0.3 is 0 Å². The molecule has 1 aliphatic heterocycles. The van der Waals surface area contributed by atoms with Crippen LogP contribution < -0.4 is 17.2 Å². The van der Waals surface area contributed by atoms with E-state index in [1.165, 1.54) is 0 Å². The molecule has 5 heteroatoms. The number of rotatable bonds is 0. The second-order valence-electron chi connectivity index (χ2n) is 1.81. The van der Waals surface area contributed by atoms with E-state index in [1.54, 1.807) is 0 Å². The highest BCUT2D eigenvalue weighted by Gasteiger charge is 2.28. The number of nitrogens with two attached hydrogens (primary N) is 3. The van der Waals surface area contributed by atoms with Crippen LogP contribution in [0.15, 0.2) is 5.16 Å². The summed E-state index contributed by atoms with van der Waals surface area (Å²) in [5, 5.41) is 3.33. The minimum Gasteiger partial charge on any atom is -0.384 e. The third kappa shape index (κ3) is 0.877. The van der Waals surface area contributed by atoms with Crippen molar-refractivity contribution in [1.29, 1.82) is 0 Å². The number of hydrogen-bond donors (Lipinski definition) is 3. The van der Waals surface area contributed by atoms with Gasteiger partial charge < -0.3 is 10.6 Å². The Balaban J connectivity index is 2.55. The molecule has 0 saturated carbocycles. The van der Waals surface area contributed by atoms with Crippen LogP contribution in [0.4, 0.5) is 0 Å². The number of oxime groups is 1. The molecule has 5 nitrogen and oxygen atoms in total. The molecule has 0 spiro atoms.